The standard InChI is InChI=1S/C25H32N4O5S2/c1-27-12-9-20-21(17-27)35-24(22(20)25(31)28-10-3-2-4-11-28)26-23(30)18-5-7-19(8-6-18)36(32,33)29-13-15-34-16-14-29/h5-8H,2-4,9-17H2,1H3,(H,26,30). The van der Waals surface area contributed by atoms with Crippen LogP contribution in [0.4, 0.5) is 5.00 Å². The van der Waals surface area contributed by atoms with Crippen LogP contribution in [0.15, 0.2) is 29.2 Å². The first-order valence-electron chi connectivity index (χ1n) is 12.5. The van der Waals surface area contributed by atoms with Crippen molar-refractivity contribution < 1.29 is 22.7 Å². The highest BCUT2D eigenvalue weighted by atomic mass is 32.2. The number of ether oxygens (including phenoxy) is 1. The molecule has 1 N–H and O–H groups in total. The van der Waals surface area contributed by atoms with Crippen LogP contribution in [0.5, 0.6) is 0 Å². The zero-order chi connectivity index (χ0) is 25.3. The summed E-state index contributed by atoms with van der Waals surface area (Å²) in [4.78, 5) is 32.1. The predicted octanol–water partition coefficient (Wildman–Crippen LogP) is 2.64. The molecule has 11 heteroatoms. The Bertz CT molecular complexity index is 1230. The van der Waals surface area contributed by atoms with E-state index in [-0.39, 0.29) is 16.7 Å². The van der Waals surface area contributed by atoms with E-state index in [0.717, 1.165) is 62.3 Å². The fraction of sp³-hybridized carbons (Fsp3) is 0.520. The van der Waals surface area contributed by atoms with E-state index in [1.165, 1.54) is 39.9 Å². The Morgan fingerprint density at radius 3 is 2.36 bits per heavy atom. The summed E-state index contributed by atoms with van der Waals surface area (Å²) in [6.07, 6.45) is 3.92. The predicted molar refractivity (Wildman–Crippen MR) is 138 cm³/mol. The van der Waals surface area contributed by atoms with Crippen LogP contribution in [-0.2, 0) is 27.7 Å². The van der Waals surface area contributed by atoms with Gasteiger partial charge in [0.25, 0.3) is 11.8 Å². The minimum atomic E-state index is -3.63. The molecule has 1 aromatic carbocycles. The van der Waals surface area contributed by atoms with Gasteiger partial charge in [-0.2, -0.15) is 4.31 Å². The average molecular weight is 533 g/mol. The molecule has 4 heterocycles. The summed E-state index contributed by atoms with van der Waals surface area (Å²) in [6, 6.07) is 5.98. The Labute approximate surface area is 216 Å². The lowest BCUT2D eigenvalue weighted by molar-refractivity contribution is 0.0724. The molecule has 0 saturated carbocycles. The summed E-state index contributed by atoms with van der Waals surface area (Å²) in [7, 11) is -1.58. The molecule has 0 radical (unpaired) electrons. The number of hydrogen-bond acceptors (Lipinski definition) is 7. The van der Waals surface area contributed by atoms with E-state index in [0.29, 0.717) is 42.4 Å². The van der Waals surface area contributed by atoms with Gasteiger partial charge >= 0.3 is 0 Å². The zero-order valence-corrected chi connectivity index (χ0v) is 22.1. The average Bonchev–Trinajstić information content (AvgIpc) is 3.25. The SMILES string of the molecule is CN1CCc2c(sc(NC(=O)c3ccc(S(=O)(=O)N4CCOCC4)cc3)c2C(=O)N2CCCCC2)C1. The summed E-state index contributed by atoms with van der Waals surface area (Å²) < 4.78 is 32.4. The quantitative estimate of drug-likeness (QED) is 0.636. The van der Waals surface area contributed by atoms with Crippen LogP contribution in [-0.4, -0.2) is 87.3 Å². The van der Waals surface area contributed by atoms with Crippen LogP contribution < -0.4 is 5.32 Å². The molecule has 1 aromatic heterocycles. The molecular weight excluding hydrogens is 500 g/mol. The topological polar surface area (TPSA) is 99.3 Å². The minimum absolute atomic E-state index is 0.000921. The van der Waals surface area contributed by atoms with Crippen molar-refractivity contribution >= 4 is 38.2 Å². The van der Waals surface area contributed by atoms with Crippen molar-refractivity contribution in [1.82, 2.24) is 14.1 Å². The Morgan fingerprint density at radius 1 is 0.972 bits per heavy atom. The van der Waals surface area contributed by atoms with Gasteiger partial charge in [-0.3, -0.25) is 9.59 Å². The minimum Gasteiger partial charge on any atom is -0.379 e. The fourth-order valence-corrected chi connectivity index (χ4v) is 7.71. The number of carbonyl (C=O) groups is 2. The van der Waals surface area contributed by atoms with Crippen LogP contribution in [0.3, 0.4) is 0 Å². The van der Waals surface area contributed by atoms with Gasteiger partial charge in [-0.05, 0) is 62.6 Å². The summed E-state index contributed by atoms with van der Waals surface area (Å²) in [6.45, 7) is 4.50. The number of rotatable bonds is 5. The van der Waals surface area contributed by atoms with Gasteiger partial charge in [-0.1, -0.05) is 0 Å². The van der Waals surface area contributed by atoms with E-state index in [2.05, 4.69) is 17.3 Å². The number of fused-ring (bicyclic) bond motifs is 1. The molecule has 2 aromatic rings. The Kier molecular flexibility index (Phi) is 7.45. The molecular formula is C25H32N4O5S2. The van der Waals surface area contributed by atoms with Crippen molar-refractivity contribution in [2.24, 2.45) is 0 Å². The van der Waals surface area contributed by atoms with Gasteiger partial charge < -0.3 is 19.9 Å². The molecule has 3 aliphatic rings. The number of carbonyl (C=O) groups excluding carboxylic acids is 2. The number of nitrogens with one attached hydrogen (secondary N) is 1. The van der Waals surface area contributed by atoms with Crippen molar-refractivity contribution in [3.05, 3.63) is 45.8 Å². The maximum atomic E-state index is 13.5. The van der Waals surface area contributed by atoms with Crippen LogP contribution in [0.1, 0.15) is 50.4 Å². The fourth-order valence-electron chi connectivity index (χ4n) is 4.99. The van der Waals surface area contributed by atoms with Gasteiger partial charge in [-0.25, -0.2) is 8.42 Å². The lowest BCUT2D eigenvalue weighted by Crippen LogP contribution is -2.40. The second-order valence-corrected chi connectivity index (χ2v) is 12.6. The van der Waals surface area contributed by atoms with E-state index in [9.17, 15) is 18.0 Å². The molecule has 0 unspecified atom stereocenters. The maximum absolute atomic E-state index is 13.5. The molecule has 2 amide bonds. The molecule has 2 fully saturated rings. The van der Waals surface area contributed by atoms with E-state index < -0.39 is 10.0 Å². The van der Waals surface area contributed by atoms with Crippen LogP contribution in [0.2, 0.25) is 0 Å². The monoisotopic (exact) mass is 532 g/mol. The first kappa shape index (κ1) is 25.3. The van der Waals surface area contributed by atoms with Crippen LogP contribution >= 0.6 is 11.3 Å². The number of benzene rings is 1. The first-order chi connectivity index (χ1) is 17.3. The van der Waals surface area contributed by atoms with E-state index >= 15 is 0 Å². The lowest BCUT2D eigenvalue weighted by Gasteiger charge is -2.28. The van der Waals surface area contributed by atoms with Gasteiger partial charge in [0, 0.05) is 49.7 Å². The van der Waals surface area contributed by atoms with E-state index in [4.69, 9.17) is 4.74 Å². The summed E-state index contributed by atoms with van der Waals surface area (Å²) >= 11 is 1.47. The normalized spacial score (nSPS) is 19.6. The summed E-state index contributed by atoms with van der Waals surface area (Å²) in [5.74, 6) is -0.357. The third kappa shape index (κ3) is 5.08. The number of likely N-dealkylation sites (tertiary alicyclic amines) is 1. The van der Waals surface area contributed by atoms with Crippen LogP contribution in [0.25, 0.3) is 0 Å². The molecule has 0 aliphatic carbocycles. The number of morpholine rings is 1. The van der Waals surface area contributed by atoms with Crippen LogP contribution in [0, 0.1) is 0 Å². The van der Waals surface area contributed by atoms with Gasteiger partial charge in [0.15, 0.2) is 0 Å². The van der Waals surface area contributed by atoms with Gasteiger partial charge in [0.2, 0.25) is 10.0 Å². The number of hydrogen-bond donors (Lipinski definition) is 1. The number of anilines is 1. The highest BCUT2D eigenvalue weighted by molar-refractivity contribution is 7.89. The lowest BCUT2D eigenvalue weighted by atomic mass is 10.0. The molecule has 2 saturated heterocycles. The Hall–Kier alpha value is -2.31. The molecule has 9 nitrogen and oxygen atoms in total. The first-order valence-corrected chi connectivity index (χ1v) is 14.7. The van der Waals surface area contributed by atoms with E-state index in [1.54, 1.807) is 0 Å². The maximum Gasteiger partial charge on any atom is 0.257 e. The molecule has 194 valence electrons. The van der Waals surface area contributed by atoms with Crippen molar-refractivity contribution in [3.8, 4) is 0 Å². The van der Waals surface area contributed by atoms with Crippen molar-refractivity contribution in [2.75, 3.05) is 58.3 Å². The number of piperidine rings is 1. The number of amides is 2. The zero-order valence-electron chi connectivity index (χ0n) is 20.5. The Balaban J connectivity index is 1.38. The molecule has 0 spiro atoms. The smallest absolute Gasteiger partial charge is 0.257 e. The molecule has 0 bridgehead atoms. The third-order valence-electron chi connectivity index (χ3n) is 7.06. The second kappa shape index (κ2) is 10.6. The largest absolute Gasteiger partial charge is 0.379 e. The molecule has 36 heavy (non-hydrogen) atoms. The number of nitrogens with zero attached hydrogens (tertiary/aromatic N) is 3. The molecule has 5 rings (SSSR count). The molecule has 3 aliphatic heterocycles. The van der Waals surface area contributed by atoms with E-state index in [1.807, 2.05) is 4.90 Å². The van der Waals surface area contributed by atoms with Crippen molar-refractivity contribution in [1.29, 1.82) is 0 Å². The number of thiophene rings is 1. The number of sulfonamides is 1. The highest BCUT2D eigenvalue weighted by Gasteiger charge is 2.31. The third-order valence-corrected chi connectivity index (χ3v) is 10.1. The van der Waals surface area contributed by atoms with Crippen molar-refractivity contribution in [3.63, 3.8) is 0 Å². The van der Waals surface area contributed by atoms with Gasteiger partial charge in [-0.15, -0.1) is 11.3 Å². The van der Waals surface area contributed by atoms with Crippen molar-refractivity contribution in [2.45, 2.75) is 37.1 Å². The number of likely N-dealkylation sites (N-methyl/N-ethyl adjacent to an activating group) is 1. The van der Waals surface area contributed by atoms with Gasteiger partial charge in [0.05, 0.1) is 23.7 Å². The highest BCUT2D eigenvalue weighted by Crippen LogP contribution is 2.38. The summed E-state index contributed by atoms with van der Waals surface area (Å²) in [5.41, 5.74) is 2.02. The second-order valence-electron chi connectivity index (χ2n) is 9.54. The summed E-state index contributed by atoms with van der Waals surface area (Å²) in [5, 5.41) is 3.56. The van der Waals surface area contributed by atoms with Gasteiger partial charge in [0.1, 0.15) is 5.00 Å². The Morgan fingerprint density at radius 2 is 1.67 bits per heavy atom. The molecule has 0 atom stereocenters.